The molecule has 0 N–H and O–H groups in total. The lowest BCUT2D eigenvalue weighted by Gasteiger charge is -2.22. The van der Waals surface area contributed by atoms with E-state index in [1.807, 2.05) is 0 Å². The molecule has 0 saturated carbocycles. The maximum Gasteiger partial charge on any atom is 0.111 e. The number of hydrogen-bond acceptors (Lipinski definition) is 1. The van der Waals surface area contributed by atoms with Gasteiger partial charge in [0, 0.05) is 24.4 Å². The Morgan fingerprint density at radius 2 is 0.696 bits per heavy atom. The van der Waals surface area contributed by atoms with E-state index in [4.69, 9.17) is 4.98 Å². The van der Waals surface area contributed by atoms with Crippen molar-refractivity contribution in [2.45, 2.75) is 264 Å². The third-order valence-corrected chi connectivity index (χ3v) is 10.8. The van der Waals surface area contributed by atoms with Gasteiger partial charge in [-0.3, -0.25) is 0 Å². The Bertz CT molecular complexity index is 709. The molecule has 2 nitrogen and oxygen atoms in total. The smallest absolute Gasteiger partial charge is 0.111 e. The fourth-order valence-electron chi connectivity index (χ4n) is 7.59. The van der Waals surface area contributed by atoms with E-state index in [0.717, 1.165) is 0 Å². The van der Waals surface area contributed by atoms with Crippen molar-refractivity contribution in [2.75, 3.05) is 0 Å². The van der Waals surface area contributed by atoms with Crippen LogP contribution in [0.15, 0.2) is 12.4 Å². The van der Waals surface area contributed by atoms with Crippen molar-refractivity contribution in [3.05, 3.63) is 18.2 Å². The molecule has 0 aliphatic carbocycles. The summed E-state index contributed by atoms with van der Waals surface area (Å²) in [4.78, 5) is 5.00. The SMILES string of the molecule is CCCCCCCCCCCCCCCCCC(C)n1ccnc1C(CCCCCC)CCCCCCCCCCCCCCC. The lowest BCUT2D eigenvalue weighted by Crippen LogP contribution is -2.13. The van der Waals surface area contributed by atoms with Crippen LogP contribution in [-0.4, -0.2) is 9.55 Å². The Labute approximate surface area is 291 Å². The number of hydrogen-bond donors (Lipinski definition) is 0. The summed E-state index contributed by atoms with van der Waals surface area (Å²) >= 11 is 0. The maximum atomic E-state index is 5.00. The van der Waals surface area contributed by atoms with Gasteiger partial charge in [-0.1, -0.05) is 226 Å². The zero-order valence-electron chi connectivity index (χ0n) is 32.5. The summed E-state index contributed by atoms with van der Waals surface area (Å²) in [5.74, 6) is 2.06. The average Bonchev–Trinajstić information content (AvgIpc) is 3.56. The summed E-state index contributed by atoms with van der Waals surface area (Å²) in [5.41, 5.74) is 0. The van der Waals surface area contributed by atoms with Gasteiger partial charge in [0.2, 0.25) is 0 Å². The van der Waals surface area contributed by atoms with Crippen LogP contribution in [0.25, 0.3) is 0 Å². The van der Waals surface area contributed by atoms with E-state index in [0.29, 0.717) is 12.0 Å². The van der Waals surface area contributed by atoms with Gasteiger partial charge in [-0.15, -0.1) is 0 Å². The van der Waals surface area contributed by atoms with Gasteiger partial charge in [-0.2, -0.15) is 0 Å². The third kappa shape index (κ3) is 25.3. The van der Waals surface area contributed by atoms with Crippen LogP contribution in [0.4, 0.5) is 0 Å². The van der Waals surface area contributed by atoms with Crippen molar-refractivity contribution < 1.29 is 0 Å². The van der Waals surface area contributed by atoms with Crippen LogP contribution < -0.4 is 0 Å². The van der Waals surface area contributed by atoms with E-state index in [1.165, 1.54) is 231 Å². The standard InChI is InChI=1S/C44H86N2/c1-5-8-11-14-16-18-20-22-23-25-26-28-30-32-34-37-42(4)46-41-40-45-44(46)43(38-35-13-10-7-3)39-36-33-31-29-27-24-21-19-17-15-12-9-6-2/h40-43H,5-39H2,1-4H3. The van der Waals surface area contributed by atoms with Crippen molar-refractivity contribution >= 4 is 0 Å². The molecule has 2 heteroatoms. The highest BCUT2D eigenvalue weighted by atomic mass is 15.1. The number of rotatable bonds is 37. The lowest BCUT2D eigenvalue weighted by atomic mass is 9.93. The van der Waals surface area contributed by atoms with Gasteiger partial charge in [0.15, 0.2) is 0 Å². The van der Waals surface area contributed by atoms with Crippen LogP contribution >= 0.6 is 0 Å². The first-order valence-corrected chi connectivity index (χ1v) is 21.8. The average molecular weight is 643 g/mol. The summed E-state index contributed by atoms with van der Waals surface area (Å²) in [6.45, 7) is 9.40. The third-order valence-electron chi connectivity index (χ3n) is 10.8. The van der Waals surface area contributed by atoms with E-state index in [1.54, 1.807) is 0 Å². The predicted molar refractivity (Wildman–Crippen MR) is 208 cm³/mol. The normalized spacial score (nSPS) is 13.0. The molecule has 272 valence electrons. The molecule has 2 unspecified atom stereocenters. The second-order valence-corrected chi connectivity index (χ2v) is 15.4. The molecule has 1 aromatic rings. The van der Waals surface area contributed by atoms with E-state index in [9.17, 15) is 0 Å². The van der Waals surface area contributed by atoms with Crippen LogP contribution in [0.3, 0.4) is 0 Å². The minimum absolute atomic E-state index is 0.587. The van der Waals surface area contributed by atoms with Crippen LogP contribution in [0, 0.1) is 0 Å². The summed E-state index contributed by atoms with van der Waals surface area (Å²) in [5, 5.41) is 0. The minimum atomic E-state index is 0.587. The van der Waals surface area contributed by atoms with Crippen LogP contribution in [0.5, 0.6) is 0 Å². The zero-order valence-corrected chi connectivity index (χ0v) is 32.5. The molecule has 0 fully saturated rings. The molecule has 1 rings (SSSR count). The minimum Gasteiger partial charge on any atom is -0.332 e. The van der Waals surface area contributed by atoms with Gasteiger partial charge in [0.25, 0.3) is 0 Å². The topological polar surface area (TPSA) is 17.8 Å². The van der Waals surface area contributed by atoms with Crippen molar-refractivity contribution in [2.24, 2.45) is 0 Å². The van der Waals surface area contributed by atoms with Crippen molar-refractivity contribution in [3.63, 3.8) is 0 Å². The first-order chi connectivity index (χ1) is 22.7. The van der Waals surface area contributed by atoms with E-state index in [-0.39, 0.29) is 0 Å². The van der Waals surface area contributed by atoms with Crippen LogP contribution in [0.2, 0.25) is 0 Å². The molecule has 0 radical (unpaired) electrons. The molecular weight excluding hydrogens is 556 g/mol. The Morgan fingerprint density at radius 3 is 1.04 bits per heavy atom. The fraction of sp³-hybridized carbons (Fsp3) is 0.932. The van der Waals surface area contributed by atoms with Gasteiger partial charge < -0.3 is 4.57 Å². The summed E-state index contributed by atoms with van der Waals surface area (Å²) in [7, 11) is 0. The zero-order chi connectivity index (χ0) is 33.2. The predicted octanol–water partition coefficient (Wildman–Crippen LogP) is 16.2. The number of imidazole rings is 1. The van der Waals surface area contributed by atoms with Crippen molar-refractivity contribution in [3.8, 4) is 0 Å². The quantitative estimate of drug-likeness (QED) is 0.0660. The Balaban J connectivity index is 2.23. The molecule has 46 heavy (non-hydrogen) atoms. The molecule has 0 bridgehead atoms. The molecule has 0 saturated heterocycles. The molecule has 0 aromatic carbocycles. The monoisotopic (exact) mass is 643 g/mol. The van der Waals surface area contributed by atoms with Gasteiger partial charge in [0.05, 0.1) is 0 Å². The Hall–Kier alpha value is -0.790. The maximum absolute atomic E-state index is 5.00. The number of unbranched alkanes of at least 4 members (excludes halogenated alkanes) is 29. The molecule has 0 spiro atoms. The van der Waals surface area contributed by atoms with Crippen molar-refractivity contribution in [1.82, 2.24) is 9.55 Å². The second-order valence-electron chi connectivity index (χ2n) is 15.4. The highest BCUT2D eigenvalue weighted by molar-refractivity contribution is 5.02. The molecule has 0 aliphatic heterocycles. The number of nitrogens with zero attached hydrogens (tertiary/aromatic N) is 2. The molecule has 0 amide bonds. The van der Waals surface area contributed by atoms with Gasteiger partial charge in [-0.25, -0.2) is 4.98 Å². The van der Waals surface area contributed by atoms with E-state index < -0.39 is 0 Å². The first-order valence-electron chi connectivity index (χ1n) is 21.8. The highest BCUT2D eigenvalue weighted by Crippen LogP contribution is 2.31. The number of aromatic nitrogens is 2. The van der Waals surface area contributed by atoms with Gasteiger partial charge in [-0.05, 0) is 26.2 Å². The molecule has 0 aliphatic rings. The van der Waals surface area contributed by atoms with E-state index >= 15 is 0 Å². The molecular formula is C44H86N2. The summed E-state index contributed by atoms with van der Waals surface area (Å²) < 4.78 is 2.58. The second kappa shape index (κ2) is 34.1. The summed E-state index contributed by atoms with van der Waals surface area (Å²) in [6.07, 6.45) is 54.2. The van der Waals surface area contributed by atoms with Gasteiger partial charge in [0.1, 0.15) is 5.82 Å². The fourth-order valence-corrected chi connectivity index (χ4v) is 7.59. The molecule has 1 aromatic heterocycles. The Kier molecular flexibility index (Phi) is 32.0. The lowest BCUT2D eigenvalue weighted by molar-refractivity contribution is 0.413. The Morgan fingerprint density at radius 1 is 0.413 bits per heavy atom. The first kappa shape index (κ1) is 43.2. The highest BCUT2D eigenvalue weighted by Gasteiger charge is 2.19. The summed E-state index contributed by atoms with van der Waals surface area (Å²) in [6, 6.07) is 0.587. The van der Waals surface area contributed by atoms with E-state index in [2.05, 4.69) is 44.7 Å². The van der Waals surface area contributed by atoms with Gasteiger partial charge >= 0.3 is 0 Å². The molecule has 2 atom stereocenters. The van der Waals surface area contributed by atoms with Crippen LogP contribution in [-0.2, 0) is 0 Å². The van der Waals surface area contributed by atoms with Crippen molar-refractivity contribution in [1.29, 1.82) is 0 Å². The van der Waals surface area contributed by atoms with Crippen LogP contribution in [0.1, 0.15) is 270 Å². The largest absolute Gasteiger partial charge is 0.332 e. The molecule has 1 heterocycles.